The molecule has 2 aromatic carbocycles. The normalized spacial score (nSPS) is 10.4. The molecule has 0 aliphatic heterocycles. The van der Waals surface area contributed by atoms with Gasteiger partial charge in [0.2, 0.25) is 5.91 Å². The highest BCUT2D eigenvalue weighted by atomic mass is 79.9. The van der Waals surface area contributed by atoms with E-state index in [2.05, 4.69) is 33.5 Å². The van der Waals surface area contributed by atoms with E-state index in [4.69, 9.17) is 4.74 Å². The highest BCUT2D eigenvalue weighted by Crippen LogP contribution is 2.18. The van der Waals surface area contributed by atoms with Gasteiger partial charge in [0.05, 0.1) is 13.2 Å². The minimum Gasteiger partial charge on any atom is -0.494 e. The summed E-state index contributed by atoms with van der Waals surface area (Å²) in [6, 6.07) is 15.3. The second-order valence-corrected chi connectivity index (χ2v) is 7.11. The lowest BCUT2D eigenvalue weighted by Gasteiger charge is -2.10. The van der Waals surface area contributed by atoms with Gasteiger partial charge >= 0.3 is 0 Å². The number of hydrogen-bond donors (Lipinski definition) is 2. The molecule has 0 fully saturated rings. The first-order valence-corrected chi connectivity index (χ1v) is 9.99. The number of halogens is 1. The predicted molar refractivity (Wildman–Crippen MR) is 112 cm³/mol. The first kappa shape index (κ1) is 20.3. The number of nitrogens with one attached hydrogen (secondary N) is 2. The van der Waals surface area contributed by atoms with Crippen molar-refractivity contribution in [3.63, 3.8) is 0 Å². The molecule has 0 radical (unpaired) electrons. The Morgan fingerprint density at radius 1 is 1.00 bits per heavy atom. The lowest BCUT2D eigenvalue weighted by atomic mass is 10.2. The molecule has 0 aromatic heterocycles. The van der Waals surface area contributed by atoms with Gasteiger partial charge in [0.1, 0.15) is 5.75 Å². The van der Waals surface area contributed by atoms with Gasteiger partial charge in [-0.05, 0) is 42.8 Å². The summed E-state index contributed by atoms with van der Waals surface area (Å²) in [5.41, 5.74) is 1.65. The van der Waals surface area contributed by atoms with E-state index in [1.807, 2.05) is 48.5 Å². The third kappa shape index (κ3) is 7.91. The molecule has 0 unspecified atom stereocenters. The molecule has 140 valence electrons. The fourth-order valence-electron chi connectivity index (χ4n) is 2.51. The van der Waals surface area contributed by atoms with Crippen LogP contribution in [0.3, 0.4) is 0 Å². The average Bonchev–Trinajstić information content (AvgIpc) is 2.64. The summed E-state index contributed by atoms with van der Waals surface area (Å²) in [5, 5.41) is 5.99. The largest absolute Gasteiger partial charge is 0.494 e. The Balaban J connectivity index is 1.72. The van der Waals surface area contributed by atoms with E-state index < -0.39 is 0 Å². The molecule has 0 heterocycles. The van der Waals surface area contributed by atoms with E-state index >= 15 is 0 Å². The standard InChI is InChI=1S/C21H27BrN2O2/c1-2-3-4-5-6-14-26-20-9-7-8-19(15-20)24-21(25)16-23-18-12-10-17(22)11-13-18/h7-13,15,23H,2-6,14,16H2,1H3,(H,24,25). The van der Waals surface area contributed by atoms with Crippen molar-refractivity contribution in [1.29, 1.82) is 0 Å². The zero-order chi connectivity index (χ0) is 18.6. The van der Waals surface area contributed by atoms with Crippen molar-refractivity contribution in [3.8, 4) is 5.75 Å². The average molecular weight is 419 g/mol. The minimum absolute atomic E-state index is 0.0929. The topological polar surface area (TPSA) is 50.4 Å². The lowest BCUT2D eigenvalue weighted by molar-refractivity contribution is -0.114. The summed E-state index contributed by atoms with van der Waals surface area (Å²) in [7, 11) is 0. The van der Waals surface area contributed by atoms with Crippen LogP contribution in [-0.4, -0.2) is 19.1 Å². The van der Waals surface area contributed by atoms with Crippen LogP contribution in [0.1, 0.15) is 39.0 Å². The Labute approximate surface area is 164 Å². The molecule has 4 nitrogen and oxygen atoms in total. The Bertz CT molecular complexity index is 674. The van der Waals surface area contributed by atoms with Crippen LogP contribution < -0.4 is 15.4 Å². The van der Waals surface area contributed by atoms with Crippen LogP contribution in [0.15, 0.2) is 53.0 Å². The summed E-state index contributed by atoms with van der Waals surface area (Å²) in [4.78, 5) is 12.1. The number of ether oxygens (including phenoxy) is 1. The molecule has 2 rings (SSSR count). The molecule has 0 aliphatic carbocycles. The molecule has 1 amide bonds. The molecule has 26 heavy (non-hydrogen) atoms. The van der Waals surface area contributed by atoms with Crippen LogP contribution >= 0.6 is 15.9 Å². The van der Waals surface area contributed by atoms with Crippen LogP contribution in [0.2, 0.25) is 0 Å². The van der Waals surface area contributed by atoms with Crippen LogP contribution in [0.4, 0.5) is 11.4 Å². The first-order chi connectivity index (χ1) is 12.7. The van der Waals surface area contributed by atoms with Crippen LogP contribution in [0.25, 0.3) is 0 Å². The Morgan fingerprint density at radius 3 is 2.54 bits per heavy atom. The molecule has 0 saturated heterocycles. The molecule has 0 spiro atoms. The fraction of sp³-hybridized carbons (Fsp3) is 0.381. The Morgan fingerprint density at radius 2 is 1.77 bits per heavy atom. The van der Waals surface area contributed by atoms with E-state index in [-0.39, 0.29) is 12.5 Å². The number of rotatable bonds is 11. The van der Waals surface area contributed by atoms with Gasteiger partial charge < -0.3 is 15.4 Å². The van der Waals surface area contributed by atoms with E-state index in [9.17, 15) is 4.79 Å². The number of anilines is 2. The smallest absolute Gasteiger partial charge is 0.243 e. The van der Waals surface area contributed by atoms with Gasteiger partial charge in [0.25, 0.3) is 0 Å². The van der Waals surface area contributed by atoms with Gasteiger partial charge in [-0.3, -0.25) is 4.79 Å². The van der Waals surface area contributed by atoms with E-state index in [0.29, 0.717) is 6.61 Å². The Hall–Kier alpha value is -2.01. The van der Waals surface area contributed by atoms with Gasteiger partial charge in [-0.2, -0.15) is 0 Å². The molecular weight excluding hydrogens is 392 g/mol. The van der Waals surface area contributed by atoms with Crippen molar-refractivity contribution in [2.75, 3.05) is 23.8 Å². The molecule has 2 N–H and O–H groups in total. The van der Waals surface area contributed by atoms with Crippen molar-refractivity contribution in [1.82, 2.24) is 0 Å². The van der Waals surface area contributed by atoms with E-state index in [1.54, 1.807) is 0 Å². The minimum atomic E-state index is -0.0929. The fourth-order valence-corrected chi connectivity index (χ4v) is 2.78. The van der Waals surface area contributed by atoms with Crippen LogP contribution in [0.5, 0.6) is 5.75 Å². The molecule has 0 bridgehead atoms. The van der Waals surface area contributed by atoms with Gasteiger partial charge in [0, 0.05) is 21.9 Å². The molecule has 0 aliphatic rings. The van der Waals surface area contributed by atoms with Gasteiger partial charge in [-0.15, -0.1) is 0 Å². The summed E-state index contributed by atoms with van der Waals surface area (Å²) >= 11 is 3.39. The van der Waals surface area contributed by atoms with Gasteiger partial charge in [0.15, 0.2) is 0 Å². The van der Waals surface area contributed by atoms with Crippen molar-refractivity contribution in [2.45, 2.75) is 39.0 Å². The molecule has 0 atom stereocenters. The number of carbonyl (C=O) groups is 1. The third-order valence-corrected chi connectivity index (χ3v) is 4.46. The maximum atomic E-state index is 12.1. The maximum Gasteiger partial charge on any atom is 0.243 e. The zero-order valence-electron chi connectivity index (χ0n) is 15.3. The summed E-state index contributed by atoms with van der Waals surface area (Å²) in [5.74, 6) is 0.698. The Kier molecular flexibility index (Phi) is 9.04. The number of hydrogen-bond acceptors (Lipinski definition) is 3. The molecular formula is C21H27BrN2O2. The number of amides is 1. The van der Waals surface area contributed by atoms with Crippen LogP contribution in [0, 0.1) is 0 Å². The molecule has 5 heteroatoms. The predicted octanol–water partition coefficient (Wildman–Crippen LogP) is 5.85. The zero-order valence-corrected chi connectivity index (χ0v) is 16.8. The second-order valence-electron chi connectivity index (χ2n) is 6.20. The lowest BCUT2D eigenvalue weighted by Crippen LogP contribution is -2.21. The third-order valence-electron chi connectivity index (χ3n) is 3.93. The number of benzene rings is 2. The van der Waals surface area contributed by atoms with Crippen molar-refractivity contribution >= 4 is 33.2 Å². The van der Waals surface area contributed by atoms with E-state index in [1.165, 1.54) is 25.7 Å². The van der Waals surface area contributed by atoms with Gasteiger partial charge in [-0.25, -0.2) is 0 Å². The second kappa shape index (κ2) is 11.6. The number of carbonyl (C=O) groups excluding carboxylic acids is 1. The molecule has 0 saturated carbocycles. The quantitative estimate of drug-likeness (QED) is 0.450. The van der Waals surface area contributed by atoms with Crippen molar-refractivity contribution in [3.05, 3.63) is 53.0 Å². The summed E-state index contributed by atoms with van der Waals surface area (Å²) in [6.45, 7) is 3.14. The van der Waals surface area contributed by atoms with Crippen molar-refractivity contribution < 1.29 is 9.53 Å². The molecule has 2 aromatic rings. The first-order valence-electron chi connectivity index (χ1n) is 9.19. The van der Waals surface area contributed by atoms with Crippen LogP contribution in [-0.2, 0) is 4.79 Å². The van der Waals surface area contributed by atoms with E-state index in [0.717, 1.165) is 28.0 Å². The highest BCUT2D eigenvalue weighted by Gasteiger charge is 2.04. The maximum absolute atomic E-state index is 12.1. The van der Waals surface area contributed by atoms with Gasteiger partial charge in [-0.1, -0.05) is 54.6 Å². The summed E-state index contributed by atoms with van der Waals surface area (Å²) in [6.07, 6.45) is 6.07. The SMILES string of the molecule is CCCCCCCOc1cccc(NC(=O)CNc2ccc(Br)cc2)c1. The highest BCUT2D eigenvalue weighted by molar-refractivity contribution is 9.10. The van der Waals surface area contributed by atoms with Crippen molar-refractivity contribution in [2.24, 2.45) is 0 Å². The monoisotopic (exact) mass is 418 g/mol. The number of unbranched alkanes of at least 4 members (excludes halogenated alkanes) is 4. The summed E-state index contributed by atoms with van der Waals surface area (Å²) < 4.78 is 6.79.